The van der Waals surface area contributed by atoms with Crippen molar-refractivity contribution in [1.82, 2.24) is 20.3 Å². The first-order chi connectivity index (χ1) is 12.3. The van der Waals surface area contributed by atoms with E-state index >= 15 is 0 Å². The molecular formula is C19H22N4O2. The Labute approximate surface area is 147 Å². The van der Waals surface area contributed by atoms with Gasteiger partial charge in [0.1, 0.15) is 17.3 Å². The van der Waals surface area contributed by atoms with Crippen molar-refractivity contribution in [2.24, 2.45) is 0 Å². The van der Waals surface area contributed by atoms with Gasteiger partial charge in [-0.3, -0.25) is 0 Å². The molecule has 2 aromatic heterocycles. The van der Waals surface area contributed by atoms with Crippen LogP contribution in [-0.4, -0.2) is 21.6 Å². The molecule has 0 aliphatic carbocycles. The molecule has 0 saturated heterocycles. The molecule has 0 aliphatic rings. The minimum absolute atomic E-state index is 0.594. The molecule has 130 valence electrons. The first-order valence-electron chi connectivity index (χ1n) is 8.38. The number of pyridine rings is 1. The van der Waals surface area contributed by atoms with Crippen molar-refractivity contribution in [2.45, 2.75) is 26.4 Å². The van der Waals surface area contributed by atoms with Gasteiger partial charge >= 0.3 is 0 Å². The lowest BCUT2D eigenvalue weighted by molar-refractivity contribution is 0.317. The first-order valence-corrected chi connectivity index (χ1v) is 8.38. The number of H-pyrrole nitrogens is 1. The van der Waals surface area contributed by atoms with Gasteiger partial charge in [0, 0.05) is 30.7 Å². The van der Waals surface area contributed by atoms with Crippen molar-refractivity contribution in [3.05, 3.63) is 66.4 Å². The SMILES string of the molecule is CCCOc1ccc(Oc2ncccc2CNCc2ncc[nH]2)cc1. The van der Waals surface area contributed by atoms with Crippen molar-refractivity contribution < 1.29 is 9.47 Å². The smallest absolute Gasteiger partial charge is 0.223 e. The van der Waals surface area contributed by atoms with Crippen LogP contribution >= 0.6 is 0 Å². The van der Waals surface area contributed by atoms with Crippen LogP contribution in [-0.2, 0) is 13.1 Å². The number of hydrogen-bond donors (Lipinski definition) is 2. The molecule has 0 radical (unpaired) electrons. The van der Waals surface area contributed by atoms with E-state index in [0.29, 0.717) is 25.6 Å². The monoisotopic (exact) mass is 338 g/mol. The molecule has 1 aromatic carbocycles. The fourth-order valence-electron chi connectivity index (χ4n) is 2.30. The van der Waals surface area contributed by atoms with Crippen LogP contribution in [0.1, 0.15) is 24.7 Å². The number of benzene rings is 1. The maximum atomic E-state index is 5.93. The maximum absolute atomic E-state index is 5.93. The molecule has 0 bridgehead atoms. The number of imidazole rings is 1. The van der Waals surface area contributed by atoms with Crippen LogP contribution in [0.2, 0.25) is 0 Å². The molecule has 0 spiro atoms. The van der Waals surface area contributed by atoms with Gasteiger partial charge in [-0.15, -0.1) is 0 Å². The summed E-state index contributed by atoms with van der Waals surface area (Å²) in [6, 6.07) is 11.5. The summed E-state index contributed by atoms with van der Waals surface area (Å²) >= 11 is 0. The number of ether oxygens (including phenoxy) is 2. The van der Waals surface area contributed by atoms with Crippen LogP contribution in [0.15, 0.2) is 55.0 Å². The highest BCUT2D eigenvalue weighted by Gasteiger charge is 2.07. The zero-order valence-corrected chi connectivity index (χ0v) is 14.2. The third-order valence-corrected chi connectivity index (χ3v) is 3.52. The average molecular weight is 338 g/mol. The summed E-state index contributed by atoms with van der Waals surface area (Å²) < 4.78 is 11.5. The Morgan fingerprint density at radius 1 is 1.00 bits per heavy atom. The highest BCUT2D eigenvalue weighted by molar-refractivity contribution is 5.35. The zero-order chi connectivity index (χ0) is 17.3. The fourth-order valence-corrected chi connectivity index (χ4v) is 2.30. The van der Waals surface area contributed by atoms with E-state index in [2.05, 4.69) is 27.2 Å². The summed E-state index contributed by atoms with van der Waals surface area (Å²) in [6.45, 7) is 4.10. The minimum atomic E-state index is 0.594. The van der Waals surface area contributed by atoms with Gasteiger partial charge in [0.05, 0.1) is 13.2 Å². The quantitative estimate of drug-likeness (QED) is 0.623. The van der Waals surface area contributed by atoms with Crippen molar-refractivity contribution in [2.75, 3.05) is 6.61 Å². The summed E-state index contributed by atoms with van der Waals surface area (Å²) in [5.41, 5.74) is 0.986. The molecule has 0 unspecified atom stereocenters. The van der Waals surface area contributed by atoms with Gasteiger partial charge in [-0.1, -0.05) is 13.0 Å². The Morgan fingerprint density at radius 3 is 2.60 bits per heavy atom. The van der Waals surface area contributed by atoms with Crippen LogP contribution in [0.4, 0.5) is 0 Å². The van der Waals surface area contributed by atoms with E-state index in [1.165, 1.54) is 0 Å². The van der Waals surface area contributed by atoms with Crippen molar-refractivity contribution in [3.63, 3.8) is 0 Å². The summed E-state index contributed by atoms with van der Waals surface area (Å²) in [5, 5.41) is 3.33. The molecule has 0 amide bonds. The Balaban J connectivity index is 1.60. The average Bonchev–Trinajstić information content (AvgIpc) is 3.16. The van der Waals surface area contributed by atoms with E-state index in [1.807, 2.05) is 42.6 Å². The van der Waals surface area contributed by atoms with Crippen LogP contribution in [0.3, 0.4) is 0 Å². The second-order valence-electron chi connectivity index (χ2n) is 5.53. The molecule has 0 fully saturated rings. The number of aromatic nitrogens is 3. The molecule has 3 aromatic rings. The molecule has 0 saturated carbocycles. The van der Waals surface area contributed by atoms with Gasteiger partial charge in [0.2, 0.25) is 5.88 Å². The van der Waals surface area contributed by atoms with E-state index in [9.17, 15) is 0 Å². The Kier molecular flexibility index (Phi) is 6.01. The van der Waals surface area contributed by atoms with Crippen LogP contribution in [0.5, 0.6) is 17.4 Å². The predicted molar refractivity (Wildman–Crippen MR) is 95.7 cm³/mol. The maximum Gasteiger partial charge on any atom is 0.223 e. The third kappa shape index (κ3) is 5.06. The summed E-state index contributed by atoms with van der Waals surface area (Å²) in [5.74, 6) is 3.07. The standard InChI is InChI=1S/C19H22N4O2/c1-2-12-24-16-5-7-17(8-6-16)25-19-15(4-3-9-23-19)13-20-14-18-21-10-11-22-18/h3-11,20H,2,12-14H2,1H3,(H,21,22). The minimum Gasteiger partial charge on any atom is -0.494 e. The van der Waals surface area contributed by atoms with Gasteiger partial charge in [-0.2, -0.15) is 0 Å². The molecule has 0 atom stereocenters. The van der Waals surface area contributed by atoms with Crippen molar-refractivity contribution in [3.8, 4) is 17.4 Å². The lowest BCUT2D eigenvalue weighted by atomic mass is 10.2. The molecule has 2 heterocycles. The van der Waals surface area contributed by atoms with E-state index in [0.717, 1.165) is 29.3 Å². The predicted octanol–water partition coefficient (Wildman–Crippen LogP) is 3.68. The van der Waals surface area contributed by atoms with E-state index < -0.39 is 0 Å². The number of nitrogens with one attached hydrogen (secondary N) is 2. The van der Waals surface area contributed by atoms with Gasteiger partial charge < -0.3 is 19.8 Å². The molecule has 3 rings (SSSR count). The van der Waals surface area contributed by atoms with E-state index in [4.69, 9.17) is 9.47 Å². The second-order valence-corrected chi connectivity index (χ2v) is 5.53. The van der Waals surface area contributed by atoms with Gasteiger partial charge in [0.25, 0.3) is 0 Å². The first kappa shape index (κ1) is 17.0. The fraction of sp³-hybridized carbons (Fsp3) is 0.263. The normalized spacial score (nSPS) is 10.6. The number of hydrogen-bond acceptors (Lipinski definition) is 5. The molecule has 6 heteroatoms. The molecule has 6 nitrogen and oxygen atoms in total. The van der Waals surface area contributed by atoms with Crippen LogP contribution < -0.4 is 14.8 Å². The van der Waals surface area contributed by atoms with Crippen LogP contribution in [0.25, 0.3) is 0 Å². The van der Waals surface area contributed by atoms with Gasteiger partial charge in [-0.05, 0) is 36.8 Å². The Morgan fingerprint density at radius 2 is 1.84 bits per heavy atom. The highest BCUT2D eigenvalue weighted by atomic mass is 16.5. The lowest BCUT2D eigenvalue weighted by Crippen LogP contribution is -2.14. The van der Waals surface area contributed by atoms with Crippen molar-refractivity contribution >= 4 is 0 Å². The topological polar surface area (TPSA) is 72.1 Å². The second kappa shape index (κ2) is 8.84. The Hall–Kier alpha value is -2.86. The summed E-state index contributed by atoms with van der Waals surface area (Å²) in [6.07, 6.45) is 6.26. The number of rotatable bonds is 9. The summed E-state index contributed by atoms with van der Waals surface area (Å²) in [4.78, 5) is 11.6. The molecular weight excluding hydrogens is 316 g/mol. The van der Waals surface area contributed by atoms with E-state index in [-0.39, 0.29) is 0 Å². The van der Waals surface area contributed by atoms with Crippen LogP contribution in [0, 0.1) is 0 Å². The summed E-state index contributed by atoms with van der Waals surface area (Å²) in [7, 11) is 0. The molecule has 2 N–H and O–H groups in total. The largest absolute Gasteiger partial charge is 0.494 e. The van der Waals surface area contributed by atoms with Gasteiger partial charge in [-0.25, -0.2) is 9.97 Å². The number of aromatic amines is 1. The highest BCUT2D eigenvalue weighted by Crippen LogP contribution is 2.25. The number of nitrogens with zero attached hydrogens (tertiary/aromatic N) is 2. The van der Waals surface area contributed by atoms with Crippen molar-refractivity contribution in [1.29, 1.82) is 0 Å². The Bertz CT molecular complexity index is 757. The third-order valence-electron chi connectivity index (χ3n) is 3.52. The van der Waals surface area contributed by atoms with E-state index in [1.54, 1.807) is 12.4 Å². The lowest BCUT2D eigenvalue weighted by Gasteiger charge is -2.11. The molecule has 0 aliphatic heterocycles. The van der Waals surface area contributed by atoms with Gasteiger partial charge in [0.15, 0.2) is 0 Å². The molecule has 25 heavy (non-hydrogen) atoms. The zero-order valence-electron chi connectivity index (χ0n) is 14.2.